The molecule has 1 atom stereocenters. The molecule has 1 aromatic carbocycles. The van der Waals surface area contributed by atoms with Crippen LogP contribution in [-0.4, -0.2) is 29.7 Å². The van der Waals surface area contributed by atoms with E-state index >= 15 is 0 Å². The number of fused-ring (bicyclic) bond motifs is 1. The number of carboxylic acids is 1. The van der Waals surface area contributed by atoms with E-state index in [9.17, 15) is 22.8 Å². The van der Waals surface area contributed by atoms with E-state index in [1.165, 1.54) is 0 Å². The number of aliphatic carboxylic acids is 1. The summed E-state index contributed by atoms with van der Waals surface area (Å²) >= 11 is 0. The van der Waals surface area contributed by atoms with Crippen LogP contribution in [0.5, 0.6) is 0 Å². The number of hydrogen-bond donors (Lipinski definition) is 2. The third-order valence-corrected chi connectivity index (χ3v) is 3.67. The first-order valence-electron chi connectivity index (χ1n) is 7.20. The smallest absolute Gasteiger partial charge is 0.394 e. The quantitative estimate of drug-likeness (QED) is 0.845. The minimum absolute atomic E-state index is 0.138. The van der Waals surface area contributed by atoms with Gasteiger partial charge < -0.3 is 14.8 Å². The maximum Gasteiger partial charge on any atom is 0.394 e. The maximum absolute atomic E-state index is 12.8. The van der Waals surface area contributed by atoms with Crippen molar-refractivity contribution in [3.63, 3.8) is 0 Å². The van der Waals surface area contributed by atoms with E-state index in [4.69, 9.17) is 9.52 Å². The molecule has 24 heavy (non-hydrogen) atoms. The van der Waals surface area contributed by atoms with Gasteiger partial charge in [0.15, 0.2) is 0 Å². The van der Waals surface area contributed by atoms with Crippen LogP contribution in [0.15, 0.2) is 28.7 Å². The van der Waals surface area contributed by atoms with Crippen LogP contribution in [0.2, 0.25) is 0 Å². The molecule has 0 aliphatic rings. The summed E-state index contributed by atoms with van der Waals surface area (Å²) < 4.78 is 43.7. The van der Waals surface area contributed by atoms with E-state index in [-0.39, 0.29) is 6.42 Å². The highest BCUT2D eigenvalue weighted by molar-refractivity contribution is 5.88. The molecule has 0 saturated carbocycles. The number of nitrogens with one attached hydrogen (secondary N) is 1. The topological polar surface area (TPSA) is 79.5 Å². The van der Waals surface area contributed by atoms with Gasteiger partial charge in [0.25, 0.3) is 0 Å². The van der Waals surface area contributed by atoms with E-state index < -0.39 is 36.9 Å². The van der Waals surface area contributed by atoms with Crippen molar-refractivity contribution >= 4 is 22.8 Å². The summed E-state index contributed by atoms with van der Waals surface area (Å²) in [6, 6.07) is 7.04. The molecule has 0 aliphatic heterocycles. The number of benzene rings is 1. The van der Waals surface area contributed by atoms with E-state index in [1.54, 1.807) is 31.2 Å². The largest absolute Gasteiger partial charge is 0.481 e. The lowest BCUT2D eigenvalue weighted by molar-refractivity contribution is -0.182. The van der Waals surface area contributed by atoms with Gasteiger partial charge in [-0.15, -0.1) is 0 Å². The molecule has 2 N–H and O–H groups in total. The Labute approximate surface area is 135 Å². The second kappa shape index (κ2) is 6.94. The number of carbonyl (C=O) groups is 2. The summed E-state index contributed by atoms with van der Waals surface area (Å²) in [6.45, 7) is 0.898. The second-order valence-corrected chi connectivity index (χ2v) is 5.45. The molecule has 0 aliphatic carbocycles. The number of para-hydroxylation sites is 1. The highest BCUT2D eigenvalue weighted by Gasteiger charge is 2.41. The van der Waals surface area contributed by atoms with Crippen LogP contribution >= 0.6 is 0 Å². The van der Waals surface area contributed by atoms with Crippen molar-refractivity contribution in [3.05, 3.63) is 35.6 Å². The van der Waals surface area contributed by atoms with Gasteiger partial charge in [0, 0.05) is 17.5 Å². The van der Waals surface area contributed by atoms with Crippen molar-refractivity contribution in [2.24, 2.45) is 5.92 Å². The summed E-state index contributed by atoms with van der Waals surface area (Å²) in [7, 11) is 0. The Balaban J connectivity index is 2.04. The molecular weight excluding hydrogens is 327 g/mol. The minimum Gasteiger partial charge on any atom is -0.481 e. The van der Waals surface area contributed by atoms with Crippen LogP contribution in [0.25, 0.3) is 11.0 Å². The SMILES string of the molecule is Cc1oc2ccccc2c1CC(=O)NCC(CC(=O)O)C(F)(F)F. The van der Waals surface area contributed by atoms with Gasteiger partial charge in [-0.05, 0) is 13.0 Å². The highest BCUT2D eigenvalue weighted by atomic mass is 19.4. The maximum atomic E-state index is 12.8. The predicted molar refractivity (Wildman–Crippen MR) is 79.5 cm³/mol. The van der Waals surface area contributed by atoms with Gasteiger partial charge >= 0.3 is 12.1 Å². The number of carbonyl (C=O) groups excluding carboxylic acids is 1. The molecule has 0 spiro atoms. The van der Waals surface area contributed by atoms with Gasteiger partial charge in [-0.2, -0.15) is 13.2 Å². The molecule has 2 aromatic rings. The van der Waals surface area contributed by atoms with Gasteiger partial charge in [-0.25, -0.2) is 0 Å². The van der Waals surface area contributed by atoms with E-state index in [1.807, 2.05) is 0 Å². The van der Waals surface area contributed by atoms with Crippen molar-refractivity contribution in [1.29, 1.82) is 0 Å². The number of carboxylic acid groups (broad SMARTS) is 1. The van der Waals surface area contributed by atoms with Crippen molar-refractivity contribution < 1.29 is 32.3 Å². The zero-order valence-electron chi connectivity index (χ0n) is 12.8. The zero-order chi connectivity index (χ0) is 17.9. The molecule has 1 unspecified atom stereocenters. The van der Waals surface area contributed by atoms with E-state index in [0.29, 0.717) is 16.9 Å². The first-order valence-corrected chi connectivity index (χ1v) is 7.20. The highest BCUT2D eigenvalue weighted by Crippen LogP contribution is 2.29. The molecule has 1 heterocycles. The normalized spacial score (nSPS) is 13.0. The number of alkyl halides is 3. The summed E-state index contributed by atoms with van der Waals surface area (Å²) in [5.41, 5.74) is 1.20. The Morgan fingerprint density at radius 1 is 1.29 bits per heavy atom. The molecule has 130 valence electrons. The molecule has 5 nitrogen and oxygen atoms in total. The Morgan fingerprint density at radius 3 is 2.58 bits per heavy atom. The number of rotatable bonds is 6. The van der Waals surface area contributed by atoms with Gasteiger partial charge in [0.2, 0.25) is 5.91 Å². The molecule has 8 heteroatoms. The second-order valence-electron chi connectivity index (χ2n) is 5.45. The first kappa shape index (κ1) is 17.8. The number of halogens is 3. The fourth-order valence-electron chi connectivity index (χ4n) is 2.42. The first-order chi connectivity index (χ1) is 11.2. The van der Waals surface area contributed by atoms with Crippen molar-refractivity contribution in [1.82, 2.24) is 5.32 Å². The fraction of sp³-hybridized carbons (Fsp3) is 0.375. The Kier molecular flexibility index (Phi) is 5.16. The molecule has 0 fully saturated rings. The molecule has 0 radical (unpaired) electrons. The Morgan fingerprint density at radius 2 is 1.96 bits per heavy atom. The van der Waals surface area contributed by atoms with Crippen LogP contribution in [-0.2, 0) is 16.0 Å². The van der Waals surface area contributed by atoms with Gasteiger partial charge in [-0.1, -0.05) is 18.2 Å². The number of aryl methyl sites for hydroxylation is 1. The van der Waals surface area contributed by atoms with Gasteiger partial charge in [0.05, 0.1) is 18.8 Å². The average molecular weight is 343 g/mol. The van der Waals surface area contributed by atoms with Crippen LogP contribution in [0, 0.1) is 12.8 Å². The molecular formula is C16H16F3NO4. The van der Waals surface area contributed by atoms with Crippen LogP contribution in [0.3, 0.4) is 0 Å². The number of furan rings is 1. The number of amides is 1. The van der Waals surface area contributed by atoms with Crippen LogP contribution in [0.4, 0.5) is 13.2 Å². The average Bonchev–Trinajstić information content (AvgIpc) is 2.78. The van der Waals surface area contributed by atoms with Crippen molar-refractivity contribution in [2.45, 2.75) is 25.9 Å². The Hall–Kier alpha value is -2.51. The lowest BCUT2D eigenvalue weighted by Crippen LogP contribution is -2.38. The lowest BCUT2D eigenvalue weighted by atomic mass is 10.0. The predicted octanol–water partition coefficient (Wildman–Crippen LogP) is 3.05. The van der Waals surface area contributed by atoms with Crippen LogP contribution < -0.4 is 5.32 Å². The monoisotopic (exact) mass is 343 g/mol. The third kappa shape index (κ3) is 4.27. The van der Waals surface area contributed by atoms with E-state index in [0.717, 1.165) is 5.39 Å². The van der Waals surface area contributed by atoms with Crippen molar-refractivity contribution in [2.75, 3.05) is 6.54 Å². The fourth-order valence-corrected chi connectivity index (χ4v) is 2.42. The molecule has 0 saturated heterocycles. The summed E-state index contributed by atoms with van der Waals surface area (Å²) in [5.74, 6) is -3.79. The van der Waals surface area contributed by atoms with E-state index in [2.05, 4.69) is 5.32 Å². The van der Waals surface area contributed by atoms with Gasteiger partial charge in [0.1, 0.15) is 11.3 Å². The standard InChI is InChI=1S/C16H16F3NO4/c1-9-12(11-4-2-3-5-13(11)24-9)7-14(21)20-8-10(6-15(22)23)16(17,18)19/h2-5,10H,6-8H2,1H3,(H,20,21)(H,22,23). The summed E-state index contributed by atoms with van der Waals surface area (Å²) in [5, 5.41) is 11.4. The Bertz CT molecular complexity index is 751. The molecule has 0 bridgehead atoms. The third-order valence-electron chi connectivity index (χ3n) is 3.67. The number of hydrogen-bond acceptors (Lipinski definition) is 3. The van der Waals surface area contributed by atoms with Crippen LogP contribution in [0.1, 0.15) is 17.7 Å². The molecule has 1 amide bonds. The lowest BCUT2D eigenvalue weighted by Gasteiger charge is -2.18. The summed E-state index contributed by atoms with van der Waals surface area (Å²) in [4.78, 5) is 22.5. The molecule has 1 aromatic heterocycles. The van der Waals surface area contributed by atoms with Gasteiger partial charge in [-0.3, -0.25) is 9.59 Å². The van der Waals surface area contributed by atoms with Crippen molar-refractivity contribution in [3.8, 4) is 0 Å². The minimum atomic E-state index is -4.69. The zero-order valence-corrected chi connectivity index (χ0v) is 12.8. The molecule has 2 rings (SSSR count). The summed E-state index contributed by atoms with van der Waals surface area (Å²) in [6.07, 6.45) is -5.91.